The van der Waals surface area contributed by atoms with Gasteiger partial charge in [-0.2, -0.15) is 0 Å². The second-order valence-corrected chi connectivity index (χ2v) is 19.4. The highest BCUT2D eigenvalue weighted by Crippen LogP contribution is 2.44. The molecule has 1 aliphatic rings. The fourth-order valence-corrected chi connectivity index (χ4v) is 7.67. The molecule has 4 atom stereocenters. The van der Waals surface area contributed by atoms with E-state index in [-0.39, 0.29) is 18.1 Å². The molecule has 12 heteroatoms. The molecule has 1 aromatic heterocycles. The van der Waals surface area contributed by atoms with Gasteiger partial charge in [-0.05, 0) is 66.0 Å². The van der Waals surface area contributed by atoms with Gasteiger partial charge < -0.3 is 28.1 Å². The average Bonchev–Trinajstić information content (AvgIpc) is 3.52. The third kappa shape index (κ3) is 8.10. The van der Waals surface area contributed by atoms with Crippen molar-refractivity contribution in [1.82, 2.24) is 9.55 Å². The molecule has 1 fully saturated rings. The van der Waals surface area contributed by atoms with Gasteiger partial charge in [0.05, 0.1) is 26.9 Å². The summed E-state index contributed by atoms with van der Waals surface area (Å²) in [5, 5.41) is -0.153. The normalized spacial score (nSPS) is 18.5. The molecule has 1 N–H and O–H groups in total. The van der Waals surface area contributed by atoms with Crippen molar-refractivity contribution in [3.8, 4) is 11.5 Å². The molecule has 4 aromatic rings. The highest BCUT2D eigenvalue weighted by Gasteiger charge is 2.50. The number of nitrogens with one attached hydrogen (secondary N) is 1. The third-order valence-electron chi connectivity index (χ3n) is 10.1. The van der Waals surface area contributed by atoms with Crippen molar-refractivity contribution < 1.29 is 32.9 Å². The van der Waals surface area contributed by atoms with Gasteiger partial charge in [0.2, 0.25) is 0 Å². The Hall–Kier alpha value is -4.49. The lowest BCUT2D eigenvalue weighted by Crippen LogP contribution is -2.50. The lowest BCUT2D eigenvalue weighted by atomic mass is 9.80. The SMILES string of the molecule is COc1ccc(C(OCC(OC(C)=O)[C@H]2O[C@@H](n3cc(C)c(=O)[nH]c3=O)C[C@@H]2O[Si](C)(C)C(C)(C)C)(c2ccccc2)c2ccc(OC)cc2)cc1. The van der Waals surface area contributed by atoms with Gasteiger partial charge in [-0.15, -0.1) is 0 Å². The number of benzene rings is 3. The maximum atomic E-state index is 13.1. The number of ether oxygens (including phenoxy) is 5. The molecule has 1 unspecified atom stereocenters. The van der Waals surface area contributed by atoms with E-state index in [1.807, 2.05) is 78.9 Å². The third-order valence-corrected chi connectivity index (χ3v) is 14.6. The van der Waals surface area contributed by atoms with Crippen LogP contribution in [0, 0.1) is 6.92 Å². The first-order chi connectivity index (χ1) is 24.6. The van der Waals surface area contributed by atoms with Gasteiger partial charge >= 0.3 is 11.7 Å². The number of aromatic nitrogens is 2. The maximum Gasteiger partial charge on any atom is 0.330 e. The minimum atomic E-state index is -2.43. The number of esters is 1. The molecule has 3 aromatic carbocycles. The summed E-state index contributed by atoms with van der Waals surface area (Å²) in [6.45, 7) is 13.6. The molecule has 0 spiro atoms. The van der Waals surface area contributed by atoms with Crippen LogP contribution in [0.25, 0.3) is 0 Å². The van der Waals surface area contributed by atoms with E-state index in [4.69, 9.17) is 28.1 Å². The number of rotatable bonds is 13. The van der Waals surface area contributed by atoms with Crippen molar-refractivity contribution >= 4 is 14.3 Å². The van der Waals surface area contributed by atoms with E-state index >= 15 is 0 Å². The number of methoxy groups -OCH3 is 2. The average molecular weight is 731 g/mol. The quantitative estimate of drug-likeness (QED) is 0.0935. The predicted octanol–water partition coefficient (Wildman–Crippen LogP) is 6.48. The van der Waals surface area contributed by atoms with E-state index < -0.39 is 55.7 Å². The number of hydrogen-bond donors (Lipinski definition) is 1. The Labute approximate surface area is 305 Å². The van der Waals surface area contributed by atoms with Crippen molar-refractivity contribution in [2.75, 3.05) is 20.8 Å². The topological polar surface area (TPSA) is 127 Å². The predicted molar refractivity (Wildman–Crippen MR) is 200 cm³/mol. The summed E-state index contributed by atoms with van der Waals surface area (Å²) < 4.78 is 39.2. The highest BCUT2D eigenvalue weighted by molar-refractivity contribution is 6.74. The number of hydrogen-bond acceptors (Lipinski definition) is 9. The summed E-state index contributed by atoms with van der Waals surface area (Å²) in [6, 6.07) is 25.1. The molecular formula is C40H50N2O9Si. The van der Waals surface area contributed by atoms with E-state index in [1.54, 1.807) is 21.1 Å². The van der Waals surface area contributed by atoms with Crippen molar-refractivity contribution in [1.29, 1.82) is 0 Å². The monoisotopic (exact) mass is 730 g/mol. The van der Waals surface area contributed by atoms with E-state index in [0.717, 1.165) is 16.7 Å². The Balaban J connectivity index is 1.63. The van der Waals surface area contributed by atoms with E-state index in [0.29, 0.717) is 17.1 Å². The Morgan fingerprint density at radius 3 is 1.94 bits per heavy atom. The van der Waals surface area contributed by atoms with Crippen LogP contribution in [0.1, 0.15) is 62.6 Å². The fraction of sp³-hybridized carbons (Fsp3) is 0.425. The number of H-pyrrole nitrogens is 1. The number of nitrogens with zero attached hydrogens (tertiary/aromatic N) is 1. The highest BCUT2D eigenvalue weighted by atomic mass is 28.4. The van der Waals surface area contributed by atoms with Gasteiger partial charge in [-0.25, -0.2) is 4.79 Å². The summed E-state index contributed by atoms with van der Waals surface area (Å²) in [7, 11) is 0.800. The Morgan fingerprint density at radius 2 is 1.44 bits per heavy atom. The van der Waals surface area contributed by atoms with Crippen LogP contribution in [0.4, 0.5) is 0 Å². The van der Waals surface area contributed by atoms with Crippen molar-refractivity contribution in [3.05, 3.63) is 128 Å². The summed E-state index contributed by atoms with van der Waals surface area (Å²) in [4.78, 5) is 40.5. The van der Waals surface area contributed by atoms with Crippen LogP contribution >= 0.6 is 0 Å². The number of aromatic amines is 1. The second-order valence-electron chi connectivity index (χ2n) is 14.6. The second kappa shape index (κ2) is 15.6. The van der Waals surface area contributed by atoms with Gasteiger partial charge in [0.1, 0.15) is 29.4 Å². The summed E-state index contributed by atoms with van der Waals surface area (Å²) in [5.74, 6) is 0.840. The molecular weight excluding hydrogens is 681 g/mol. The standard InChI is InChI=1S/C40H50N2O9Si/c1-26-24-42(38(45)41-37(26)44)35-23-33(51-52(8,9)39(3,4)5)36(50-35)34(49-27(2)43)25-48-40(28-13-11-10-12-14-28,29-15-19-31(46-6)20-16-29)30-17-21-32(47-7)22-18-30/h10-22,24,33-36H,23,25H2,1-9H3,(H,41,44,45)/t33-,34?,35+,36-/m0/s1. The largest absolute Gasteiger partial charge is 0.497 e. The lowest BCUT2D eigenvalue weighted by Gasteiger charge is -2.41. The zero-order valence-corrected chi connectivity index (χ0v) is 32.4. The molecule has 0 radical (unpaired) electrons. The molecule has 1 saturated heterocycles. The van der Waals surface area contributed by atoms with Crippen molar-refractivity contribution in [3.63, 3.8) is 0 Å². The summed E-state index contributed by atoms with van der Waals surface area (Å²) in [6.07, 6.45) is -1.41. The van der Waals surface area contributed by atoms with Crippen LogP contribution in [-0.2, 0) is 29.0 Å². The van der Waals surface area contributed by atoms with E-state index in [9.17, 15) is 14.4 Å². The van der Waals surface area contributed by atoms with Gasteiger partial charge in [0.25, 0.3) is 5.56 Å². The van der Waals surface area contributed by atoms with E-state index in [2.05, 4.69) is 38.8 Å². The lowest BCUT2D eigenvalue weighted by molar-refractivity contribution is -0.171. The minimum absolute atomic E-state index is 0.110. The first-order valence-electron chi connectivity index (χ1n) is 17.4. The maximum absolute atomic E-state index is 13.1. The molecule has 1 aliphatic heterocycles. The number of carbonyl (C=O) groups is 1. The van der Waals surface area contributed by atoms with Crippen molar-refractivity contribution in [2.45, 2.75) is 89.3 Å². The number of aryl methyl sites for hydroxylation is 1. The molecule has 5 rings (SSSR count). The molecule has 0 bridgehead atoms. The Kier molecular flexibility index (Phi) is 11.6. The van der Waals surface area contributed by atoms with Crippen LogP contribution in [0.3, 0.4) is 0 Å². The van der Waals surface area contributed by atoms with Crippen LogP contribution in [0.15, 0.2) is 94.6 Å². The zero-order chi connectivity index (χ0) is 37.8. The molecule has 2 heterocycles. The molecule has 11 nitrogen and oxygen atoms in total. The fourth-order valence-electron chi connectivity index (χ4n) is 6.32. The number of carbonyl (C=O) groups excluding carboxylic acids is 1. The van der Waals surface area contributed by atoms with Gasteiger partial charge in [0, 0.05) is 25.1 Å². The summed E-state index contributed by atoms with van der Waals surface area (Å²) in [5.41, 5.74) is 0.544. The first-order valence-corrected chi connectivity index (χ1v) is 20.3. The molecule has 52 heavy (non-hydrogen) atoms. The van der Waals surface area contributed by atoms with Crippen LogP contribution in [0.5, 0.6) is 11.5 Å². The smallest absolute Gasteiger partial charge is 0.330 e. The first kappa shape index (κ1) is 38.7. The molecule has 278 valence electrons. The van der Waals surface area contributed by atoms with Crippen LogP contribution in [-0.4, -0.2) is 63.0 Å². The molecule has 0 saturated carbocycles. The molecule has 0 amide bonds. The van der Waals surface area contributed by atoms with Crippen molar-refractivity contribution in [2.24, 2.45) is 0 Å². The van der Waals surface area contributed by atoms with Gasteiger partial charge in [0.15, 0.2) is 14.4 Å². The van der Waals surface area contributed by atoms with E-state index in [1.165, 1.54) is 17.7 Å². The van der Waals surface area contributed by atoms with Crippen LogP contribution < -0.4 is 20.7 Å². The minimum Gasteiger partial charge on any atom is -0.497 e. The Morgan fingerprint density at radius 1 is 0.904 bits per heavy atom. The van der Waals surface area contributed by atoms with Gasteiger partial charge in [-0.3, -0.25) is 19.1 Å². The van der Waals surface area contributed by atoms with Crippen LogP contribution in [0.2, 0.25) is 18.1 Å². The van der Waals surface area contributed by atoms with Gasteiger partial charge in [-0.1, -0.05) is 75.4 Å². The molecule has 0 aliphatic carbocycles. The Bertz CT molecular complexity index is 1890. The summed E-state index contributed by atoms with van der Waals surface area (Å²) >= 11 is 0. The zero-order valence-electron chi connectivity index (χ0n) is 31.4.